The van der Waals surface area contributed by atoms with E-state index in [1.807, 2.05) is 32.9 Å². The van der Waals surface area contributed by atoms with Crippen LogP contribution in [0.15, 0.2) is 24.3 Å². The molecule has 2 atom stereocenters. The molecule has 156 valence electrons. The lowest BCUT2D eigenvalue weighted by molar-refractivity contribution is -0.125. The number of hydrogen-bond acceptors (Lipinski definition) is 4. The zero-order valence-corrected chi connectivity index (χ0v) is 17.8. The lowest BCUT2D eigenvalue weighted by Gasteiger charge is -2.34. The van der Waals surface area contributed by atoms with Crippen LogP contribution in [0.1, 0.15) is 43.6 Å². The Bertz CT molecular complexity index is 643. The first-order chi connectivity index (χ1) is 13.3. The van der Waals surface area contributed by atoms with Gasteiger partial charge in [0.1, 0.15) is 6.04 Å². The SMILES string of the molecule is Cc1ccc(C(=O)NC(C(=O)NCC2CN(CC(C)C)CCO2)C(C)C)cc1. The van der Waals surface area contributed by atoms with Crippen molar-refractivity contribution in [2.24, 2.45) is 11.8 Å². The number of nitrogens with zero attached hydrogens (tertiary/aromatic N) is 1. The molecule has 2 N–H and O–H groups in total. The van der Waals surface area contributed by atoms with Gasteiger partial charge >= 0.3 is 0 Å². The first-order valence-corrected chi connectivity index (χ1v) is 10.3. The molecule has 1 saturated heterocycles. The standard InChI is InChI=1S/C22H35N3O3/c1-15(2)13-25-10-11-28-19(14-25)12-23-22(27)20(16(3)4)24-21(26)18-8-6-17(5)7-9-18/h6-9,15-16,19-20H,10-14H2,1-5H3,(H,23,27)(H,24,26). The molecule has 0 radical (unpaired) electrons. The number of ether oxygens (including phenoxy) is 1. The van der Waals surface area contributed by atoms with Gasteiger partial charge in [-0.05, 0) is 30.9 Å². The minimum absolute atomic E-state index is 0.0147. The minimum atomic E-state index is -0.579. The van der Waals surface area contributed by atoms with Crippen LogP contribution in [0.2, 0.25) is 0 Å². The van der Waals surface area contributed by atoms with Crippen LogP contribution in [0.5, 0.6) is 0 Å². The van der Waals surface area contributed by atoms with Crippen LogP contribution in [0.4, 0.5) is 0 Å². The van der Waals surface area contributed by atoms with Crippen molar-refractivity contribution in [3.8, 4) is 0 Å². The lowest BCUT2D eigenvalue weighted by Crippen LogP contribution is -2.53. The Hall–Kier alpha value is -1.92. The average molecular weight is 390 g/mol. The third-order valence-corrected chi connectivity index (χ3v) is 4.90. The van der Waals surface area contributed by atoms with Gasteiger partial charge in [0.15, 0.2) is 0 Å². The molecule has 28 heavy (non-hydrogen) atoms. The summed E-state index contributed by atoms with van der Waals surface area (Å²) < 4.78 is 5.80. The van der Waals surface area contributed by atoms with E-state index in [9.17, 15) is 9.59 Å². The Labute approximate surface area is 169 Å². The van der Waals surface area contributed by atoms with Crippen molar-refractivity contribution >= 4 is 11.8 Å². The topological polar surface area (TPSA) is 70.7 Å². The summed E-state index contributed by atoms with van der Waals surface area (Å²) in [7, 11) is 0. The van der Waals surface area contributed by atoms with Gasteiger partial charge in [-0.3, -0.25) is 14.5 Å². The Balaban J connectivity index is 1.88. The summed E-state index contributed by atoms with van der Waals surface area (Å²) in [5.74, 6) is 0.195. The molecular weight excluding hydrogens is 354 g/mol. The summed E-state index contributed by atoms with van der Waals surface area (Å²) in [6.45, 7) is 14.2. The van der Waals surface area contributed by atoms with Gasteiger partial charge < -0.3 is 15.4 Å². The van der Waals surface area contributed by atoms with E-state index in [2.05, 4.69) is 29.4 Å². The normalized spacial score (nSPS) is 18.9. The zero-order valence-electron chi connectivity index (χ0n) is 17.8. The number of amides is 2. The van der Waals surface area contributed by atoms with E-state index in [0.29, 0.717) is 24.6 Å². The van der Waals surface area contributed by atoms with Crippen molar-refractivity contribution in [3.63, 3.8) is 0 Å². The third-order valence-electron chi connectivity index (χ3n) is 4.90. The van der Waals surface area contributed by atoms with Crippen LogP contribution >= 0.6 is 0 Å². The van der Waals surface area contributed by atoms with Crippen molar-refractivity contribution in [1.82, 2.24) is 15.5 Å². The monoisotopic (exact) mass is 389 g/mol. The van der Waals surface area contributed by atoms with Gasteiger partial charge in [0.05, 0.1) is 12.7 Å². The lowest BCUT2D eigenvalue weighted by atomic mass is 10.0. The third kappa shape index (κ3) is 6.91. The quantitative estimate of drug-likeness (QED) is 0.715. The molecule has 1 fully saturated rings. The second-order valence-electron chi connectivity index (χ2n) is 8.45. The number of hydrogen-bond donors (Lipinski definition) is 2. The fourth-order valence-corrected chi connectivity index (χ4v) is 3.37. The van der Waals surface area contributed by atoms with E-state index in [4.69, 9.17) is 4.74 Å². The van der Waals surface area contributed by atoms with E-state index in [0.717, 1.165) is 25.2 Å². The molecule has 0 bridgehead atoms. The van der Waals surface area contributed by atoms with E-state index in [1.54, 1.807) is 12.1 Å². The first-order valence-electron chi connectivity index (χ1n) is 10.3. The molecule has 1 aromatic carbocycles. The summed E-state index contributed by atoms with van der Waals surface area (Å²) in [5.41, 5.74) is 1.65. The molecule has 2 rings (SSSR count). The van der Waals surface area contributed by atoms with Crippen LogP contribution < -0.4 is 10.6 Å². The van der Waals surface area contributed by atoms with E-state index in [1.165, 1.54) is 0 Å². The van der Waals surface area contributed by atoms with Crippen molar-refractivity contribution in [1.29, 1.82) is 0 Å². The van der Waals surface area contributed by atoms with E-state index >= 15 is 0 Å². The predicted octanol–water partition coefficient (Wildman–Crippen LogP) is 2.22. The highest BCUT2D eigenvalue weighted by Gasteiger charge is 2.27. The second-order valence-corrected chi connectivity index (χ2v) is 8.45. The first kappa shape index (κ1) is 22.4. The Kier molecular flexibility index (Phi) is 8.45. The number of carbonyl (C=O) groups excluding carboxylic acids is 2. The van der Waals surface area contributed by atoms with Crippen molar-refractivity contribution in [2.75, 3.05) is 32.8 Å². The van der Waals surface area contributed by atoms with E-state index in [-0.39, 0.29) is 23.8 Å². The van der Waals surface area contributed by atoms with Crippen LogP contribution in [-0.4, -0.2) is 61.6 Å². The number of benzene rings is 1. The number of carbonyl (C=O) groups is 2. The molecule has 0 aliphatic carbocycles. The fraction of sp³-hybridized carbons (Fsp3) is 0.636. The number of aryl methyl sites for hydroxylation is 1. The van der Waals surface area contributed by atoms with Crippen LogP contribution in [-0.2, 0) is 9.53 Å². The average Bonchev–Trinajstić information content (AvgIpc) is 2.64. The van der Waals surface area contributed by atoms with Crippen LogP contribution in [0.25, 0.3) is 0 Å². The van der Waals surface area contributed by atoms with Gasteiger partial charge in [0.2, 0.25) is 5.91 Å². The molecule has 2 unspecified atom stereocenters. The highest BCUT2D eigenvalue weighted by molar-refractivity contribution is 5.97. The smallest absolute Gasteiger partial charge is 0.251 e. The summed E-state index contributed by atoms with van der Waals surface area (Å²) in [4.78, 5) is 27.6. The largest absolute Gasteiger partial charge is 0.374 e. The predicted molar refractivity (Wildman–Crippen MR) is 111 cm³/mol. The molecule has 2 amide bonds. The molecule has 1 aliphatic rings. The van der Waals surface area contributed by atoms with Crippen molar-refractivity contribution in [3.05, 3.63) is 35.4 Å². The van der Waals surface area contributed by atoms with Crippen molar-refractivity contribution < 1.29 is 14.3 Å². The molecule has 1 aromatic rings. The zero-order chi connectivity index (χ0) is 20.7. The highest BCUT2D eigenvalue weighted by Crippen LogP contribution is 2.09. The molecule has 6 nitrogen and oxygen atoms in total. The maximum Gasteiger partial charge on any atom is 0.251 e. The summed E-state index contributed by atoms with van der Waals surface area (Å²) in [6.07, 6.45) is -0.0166. The van der Waals surface area contributed by atoms with Crippen molar-refractivity contribution in [2.45, 2.75) is 46.8 Å². The minimum Gasteiger partial charge on any atom is -0.374 e. The number of rotatable bonds is 8. The Morgan fingerprint density at radius 2 is 1.86 bits per heavy atom. The van der Waals surface area contributed by atoms with Gasteiger partial charge in [0, 0.05) is 31.7 Å². The van der Waals surface area contributed by atoms with Gasteiger partial charge in [-0.15, -0.1) is 0 Å². The molecule has 1 aliphatic heterocycles. The number of morpholine rings is 1. The van der Waals surface area contributed by atoms with Crippen LogP contribution in [0, 0.1) is 18.8 Å². The van der Waals surface area contributed by atoms with Gasteiger partial charge in [-0.1, -0.05) is 45.4 Å². The molecule has 0 saturated carbocycles. The van der Waals surface area contributed by atoms with Crippen LogP contribution in [0.3, 0.4) is 0 Å². The fourth-order valence-electron chi connectivity index (χ4n) is 3.37. The maximum atomic E-state index is 12.7. The Morgan fingerprint density at radius 3 is 2.46 bits per heavy atom. The molecule has 6 heteroatoms. The van der Waals surface area contributed by atoms with E-state index < -0.39 is 6.04 Å². The number of nitrogens with one attached hydrogen (secondary N) is 2. The van der Waals surface area contributed by atoms with Gasteiger partial charge in [-0.25, -0.2) is 0 Å². The molecule has 0 aromatic heterocycles. The molecule has 0 spiro atoms. The maximum absolute atomic E-state index is 12.7. The van der Waals surface area contributed by atoms with Gasteiger partial charge in [0.25, 0.3) is 5.91 Å². The summed E-state index contributed by atoms with van der Waals surface area (Å²) in [6, 6.07) is 6.76. The summed E-state index contributed by atoms with van der Waals surface area (Å²) >= 11 is 0. The molecular formula is C22H35N3O3. The summed E-state index contributed by atoms with van der Waals surface area (Å²) in [5, 5.41) is 5.84. The second kappa shape index (κ2) is 10.6. The molecule has 1 heterocycles. The Morgan fingerprint density at radius 1 is 1.18 bits per heavy atom. The highest BCUT2D eigenvalue weighted by atomic mass is 16.5. The van der Waals surface area contributed by atoms with Gasteiger partial charge in [-0.2, -0.15) is 0 Å².